The highest BCUT2D eigenvalue weighted by atomic mass is 16.1. The molecule has 3 nitrogen and oxygen atoms in total. The lowest BCUT2D eigenvalue weighted by molar-refractivity contribution is 0.0979. The Labute approximate surface area is 77.5 Å². The van der Waals surface area contributed by atoms with Crippen LogP contribution in [0.3, 0.4) is 0 Å². The predicted octanol–water partition coefficient (Wildman–Crippen LogP) is 2.10. The summed E-state index contributed by atoms with van der Waals surface area (Å²) in [5.74, 6) is 0.255. The quantitative estimate of drug-likeness (QED) is 0.661. The van der Waals surface area contributed by atoms with Crippen molar-refractivity contribution in [3.05, 3.63) is 17.5 Å². The summed E-state index contributed by atoms with van der Waals surface area (Å²) in [6, 6.07) is 0. The Kier molecular flexibility index (Phi) is 2.43. The molecule has 0 radical (unpaired) electrons. The molecule has 2 rings (SSSR count). The maximum absolute atomic E-state index is 11.6. The van der Waals surface area contributed by atoms with Crippen molar-refractivity contribution < 1.29 is 4.79 Å². The average molecular weight is 178 g/mol. The molecule has 1 N–H and O–H groups in total. The summed E-state index contributed by atoms with van der Waals surface area (Å²) < 4.78 is 0. The van der Waals surface area contributed by atoms with Crippen molar-refractivity contribution in [1.29, 1.82) is 0 Å². The number of carbonyl (C=O) groups is 1. The van der Waals surface area contributed by atoms with E-state index in [0.717, 1.165) is 24.1 Å². The van der Waals surface area contributed by atoms with E-state index in [-0.39, 0.29) is 5.78 Å². The van der Waals surface area contributed by atoms with Gasteiger partial charge < -0.3 is 0 Å². The zero-order valence-electron chi connectivity index (χ0n) is 7.68. The van der Waals surface area contributed by atoms with Gasteiger partial charge in [-0.15, -0.1) is 0 Å². The van der Waals surface area contributed by atoms with Crippen molar-refractivity contribution >= 4 is 5.78 Å². The van der Waals surface area contributed by atoms with Crippen LogP contribution in [-0.2, 0) is 6.42 Å². The lowest BCUT2D eigenvalue weighted by Gasteiger charge is -1.97. The Balaban J connectivity index is 2.24. The van der Waals surface area contributed by atoms with E-state index in [2.05, 4.69) is 10.2 Å². The van der Waals surface area contributed by atoms with Crippen molar-refractivity contribution in [3.63, 3.8) is 0 Å². The van der Waals surface area contributed by atoms with Crippen LogP contribution < -0.4 is 0 Å². The first-order valence-electron chi connectivity index (χ1n) is 4.93. The monoisotopic (exact) mass is 178 g/mol. The molecule has 70 valence electrons. The van der Waals surface area contributed by atoms with Crippen molar-refractivity contribution in [1.82, 2.24) is 10.2 Å². The number of H-pyrrole nitrogens is 1. The molecule has 0 bridgehead atoms. The standard InChI is InChI=1S/C10H14N2O/c13-10-6-4-2-1-3-5-9-8(10)7-11-12-9/h7H,1-6H2,(H,11,12). The van der Waals surface area contributed by atoms with E-state index in [1.807, 2.05) is 0 Å². The van der Waals surface area contributed by atoms with E-state index in [9.17, 15) is 4.79 Å². The third kappa shape index (κ3) is 1.79. The van der Waals surface area contributed by atoms with Gasteiger partial charge in [-0.05, 0) is 19.3 Å². The maximum atomic E-state index is 11.6. The molecule has 1 aliphatic carbocycles. The molecule has 1 aromatic rings. The van der Waals surface area contributed by atoms with Crippen LogP contribution in [0.1, 0.15) is 48.2 Å². The summed E-state index contributed by atoms with van der Waals surface area (Å²) in [5, 5.41) is 6.84. The number of aromatic nitrogens is 2. The zero-order chi connectivity index (χ0) is 9.10. The van der Waals surface area contributed by atoms with Gasteiger partial charge >= 0.3 is 0 Å². The fourth-order valence-electron chi connectivity index (χ4n) is 1.82. The molecule has 1 heterocycles. The number of fused-ring (bicyclic) bond motifs is 1. The fraction of sp³-hybridized carbons (Fsp3) is 0.600. The van der Waals surface area contributed by atoms with Crippen molar-refractivity contribution in [2.45, 2.75) is 38.5 Å². The Morgan fingerprint density at radius 2 is 1.92 bits per heavy atom. The van der Waals surface area contributed by atoms with Crippen LogP contribution in [0.2, 0.25) is 0 Å². The summed E-state index contributed by atoms with van der Waals surface area (Å²) in [7, 11) is 0. The second kappa shape index (κ2) is 3.73. The Morgan fingerprint density at radius 3 is 2.77 bits per heavy atom. The number of ketones is 1. The molecular weight excluding hydrogens is 164 g/mol. The van der Waals surface area contributed by atoms with Crippen molar-refractivity contribution in [3.8, 4) is 0 Å². The summed E-state index contributed by atoms with van der Waals surface area (Å²) in [5.41, 5.74) is 1.86. The smallest absolute Gasteiger partial charge is 0.166 e. The van der Waals surface area contributed by atoms with Crippen LogP contribution in [0, 0.1) is 0 Å². The first kappa shape index (κ1) is 8.48. The molecule has 0 unspecified atom stereocenters. The van der Waals surface area contributed by atoms with Gasteiger partial charge in [0.1, 0.15) is 0 Å². The normalized spacial score (nSPS) is 18.6. The largest absolute Gasteiger partial charge is 0.294 e. The summed E-state index contributed by atoms with van der Waals surface area (Å²) >= 11 is 0. The van der Waals surface area contributed by atoms with Crippen molar-refractivity contribution in [2.24, 2.45) is 0 Å². The highest BCUT2D eigenvalue weighted by Crippen LogP contribution is 2.17. The van der Waals surface area contributed by atoms with Crippen LogP contribution in [0.25, 0.3) is 0 Å². The summed E-state index contributed by atoms with van der Waals surface area (Å²) in [6.07, 6.45) is 7.94. The van der Waals surface area contributed by atoms with Crippen molar-refractivity contribution in [2.75, 3.05) is 0 Å². The van der Waals surface area contributed by atoms with Crippen LogP contribution >= 0.6 is 0 Å². The molecule has 3 heteroatoms. The number of aryl methyl sites for hydroxylation is 1. The highest BCUT2D eigenvalue weighted by Gasteiger charge is 2.14. The molecule has 1 aliphatic rings. The fourth-order valence-corrected chi connectivity index (χ4v) is 1.82. The lowest BCUT2D eigenvalue weighted by atomic mass is 10.1. The second-order valence-corrected chi connectivity index (χ2v) is 3.60. The van der Waals surface area contributed by atoms with E-state index in [1.54, 1.807) is 6.20 Å². The summed E-state index contributed by atoms with van der Waals surface area (Å²) in [6.45, 7) is 0. The second-order valence-electron chi connectivity index (χ2n) is 3.60. The Morgan fingerprint density at radius 1 is 1.15 bits per heavy atom. The molecule has 0 saturated carbocycles. The number of carbonyl (C=O) groups excluding carboxylic acids is 1. The number of rotatable bonds is 0. The van der Waals surface area contributed by atoms with Gasteiger partial charge in [0, 0.05) is 12.1 Å². The molecule has 0 amide bonds. The maximum Gasteiger partial charge on any atom is 0.166 e. The molecule has 0 spiro atoms. The zero-order valence-corrected chi connectivity index (χ0v) is 7.68. The van der Waals surface area contributed by atoms with Gasteiger partial charge in [-0.2, -0.15) is 5.10 Å². The average Bonchev–Trinajstić information content (AvgIpc) is 2.58. The number of hydrogen-bond donors (Lipinski definition) is 1. The van der Waals surface area contributed by atoms with Gasteiger partial charge in [0.2, 0.25) is 0 Å². The molecular formula is C10H14N2O. The molecule has 0 fully saturated rings. The van der Waals surface area contributed by atoms with Gasteiger partial charge in [-0.25, -0.2) is 0 Å². The topological polar surface area (TPSA) is 45.8 Å². The minimum Gasteiger partial charge on any atom is -0.294 e. The number of aromatic amines is 1. The van der Waals surface area contributed by atoms with E-state index >= 15 is 0 Å². The highest BCUT2D eigenvalue weighted by molar-refractivity contribution is 5.96. The van der Waals surface area contributed by atoms with E-state index in [0.29, 0.717) is 6.42 Å². The number of nitrogens with zero attached hydrogens (tertiary/aromatic N) is 1. The third-order valence-corrected chi connectivity index (χ3v) is 2.60. The molecule has 13 heavy (non-hydrogen) atoms. The minimum atomic E-state index is 0.255. The van der Waals surface area contributed by atoms with Crippen LogP contribution in [0.5, 0.6) is 0 Å². The molecule has 0 atom stereocenters. The van der Waals surface area contributed by atoms with Crippen LogP contribution in [0.15, 0.2) is 6.20 Å². The Bertz CT molecular complexity index is 304. The SMILES string of the molecule is O=C1CCCCCCc2[nH]ncc21. The number of nitrogens with one attached hydrogen (secondary N) is 1. The van der Waals surface area contributed by atoms with E-state index < -0.39 is 0 Å². The summed E-state index contributed by atoms with van der Waals surface area (Å²) in [4.78, 5) is 11.6. The lowest BCUT2D eigenvalue weighted by Crippen LogP contribution is -2.00. The van der Waals surface area contributed by atoms with Crippen LogP contribution in [0.4, 0.5) is 0 Å². The Hall–Kier alpha value is -1.12. The number of Topliss-reactive ketones (excluding diaryl/α,β-unsaturated/α-hetero) is 1. The van der Waals surface area contributed by atoms with Gasteiger partial charge in [0.25, 0.3) is 0 Å². The molecule has 1 aromatic heterocycles. The van der Waals surface area contributed by atoms with Gasteiger partial charge in [0.15, 0.2) is 5.78 Å². The first-order valence-corrected chi connectivity index (χ1v) is 4.93. The van der Waals surface area contributed by atoms with Gasteiger partial charge in [-0.1, -0.05) is 12.8 Å². The van der Waals surface area contributed by atoms with E-state index in [1.165, 1.54) is 19.3 Å². The van der Waals surface area contributed by atoms with E-state index in [4.69, 9.17) is 0 Å². The van der Waals surface area contributed by atoms with Crippen LogP contribution in [-0.4, -0.2) is 16.0 Å². The first-order chi connectivity index (χ1) is 6.38. The van der Waals surface area contributed by atoms with Gasteiger partial charge in [0.05, 0.1) is 11.8 Å². The molecule has 0 aromatic carbocycles. The predicted molar refractivity (Wildman–Crippen MR) is 49.7 cm³/mol. The van der Waals surface area contributed by atoms with Gasteiger partial charge in [-0.3, -0.25) is 9.89 Å². The third-order valence-electron chi connectivity index (χ3n) is 2.60. The number of hydrogen-bond acceptors (Lipinski definition) is 2. The molecule has 0 saturated heterocycles. The molecule has 0 aliphatic heterocycles. The minimum absolute atomic E-state index is 0.255.